The number of nitrogens with zero attached hydrogens (tertiary/aromatic N) is 2. The average molecular weight is 263 g/mol. The predicted molar refractivity (Wildman–Crippen MR) is 74.3 cm³/mol. The molecule has 1 N–H and O–H groups in total. The maximum atomic E-state index is 11.4. The summed E-state index contributed by atoms with van der Waals surface area (Å²) in [4.78, 5) is 15.5. The second kappa shape index (κ2) is 6.43. The van der Waals surface area contributed by atoms with Crippen LogP contribution in [0.3, 0.4) is 0 Å². The van der Waals surface area contributed by atoms with E-state index in [9.17, 15) is 4.79 Å². The maximum Gasteiger partial charge on any atom is 0.317 e. The van der Waals surface area contributed by atoms with Crippen molar-refractivity contribution in [1.29, 1.82) is 0 Å². The van der Waals surface area contributed by atoms with E-state index >= 15 is 0 Å². The second-order valence-corrected chi connectivity index (χ2v) is 4.77. The molecule has 5 nitrogen and oxygen atoms in total. The van der Waals surface area contributed by atoms with Crippen LogP contribution in [0.4, 0.5) is 4.79 Å². The van der Waals surface area contributed by atoms with Crippen LogP contribution in [0, 0.1) is 0 Å². The van der Waals surface area contributed by atoms with Crippen molar-refractivity contribution in [3.05, 3.63) is 29.8 Å². The lowest BCUT2D eigenvalue weighted by Gasteiger charge is -2.21. The first-order valence-corrected chi connectivity index (χ1v) is 6.54. The minimum atomic E-state index is 0.0469. The van der Waals surface area contributed by atoms with Crippen LogP contribution in [0.5, 0.6) is 5.75 Å². The molecular weight excluding hydrogens is 242 g/mol. The first-order valence-electron chi connectivity index (χ1n) is 6.54. The Bertz CT molecular complexity index is 436. The third kappa shape index (κ3) is 3.61. The normalized spacial score (nSPS) is 14.9. The van der Waals surface area contributed by atoms with Crippen molar-refractivity contribution in [3.63, 3.8) is 0 Å². The summed E-state index contributed by atoms with van der Waals surface area (Å²) in [6, 6.07) is 8.07. The van der Waals surface area contributed by atoms with Crippen molar-refractivity contribution in [3.8, 4) is 5.75 Å². The molecule has 5 heteroatoms. The van der Waals surface area contributed by atoms with Gasteiger partial charge in [-0.2, -0.15) is 0 Å². The number of methoxy groups -OCH3 is 1. The van der Waals surface area contributed by atoms with Gasteiger partial charge in [-0.25, -0.2) is 4.79 Å². The molecular formula is C14H21N3O2. The van der Waals surface area contributed by atoms with Crippen LogP contribution in [0.25, 0.3) is 0 Å². The number of carbonyl (C=O) groups excluding carboxylic acids is 1. The molecule has 0 unspecified atom stereocenters. The van der Waals surface area contributed by atoms with Gasteiger partial charge in [0.15, 0.2) is 0 Å². The van der Waals surface area contributed by atoms with E-state index in [2.05, 4.69) is 23.3 Å². The number of hydrogen-bond acceptors (Lipinski definition) is 3. The third-order valence-electron chi connectivity index (χ3n) is 3.33. The smallest absolute Gasteiger partial charge is 0.317 e. The highest BCUT2D eigenvalue weighted by Gasteiger charge is 2.19. The van der Waals surface area contributed by atoms with Crippen molar-refractivity contribution >= 4 is 6.03 Å². The van der Waals surface area contributed by atoms with Crippen LogP contribution >= 0.6 is 0 Å². The van der Waals surface area contributed by atoms with Gasteiger partial charge < -0.3 is 19.9 Å². The van der Waals surface area contributed by atoms with Crippen LogP contribution < -0.4 is 10.1 Å². The topological polar surface area (TPSA) is 44.8 Å². The molecule has 1 fully saturated rings. The summed E-state index contributed by atoms with van der Waals surface area (Å²) in [5.74, 6) is 0.910. The van der Waals surface area contributed by atoms with Crippen molar-refractivity contribution in [2.45, 2.75) is 6.54 Å². The Kier molecular flexibility index (Phi) is 4.63. The van der Waals surface area contributed by atoms with Crippen LogP contribution in [-0.4, -0.2) is 56.2 Å². The van der Waals surface area contributed by atoms with E-state index in [1.54, 1.807) is 7.11 Å². The van der Waals surface area contributed by atoms with Crippen LogP contribution in [0.2, 0.25) is 0 Å². The number of amides is 2. The minimum Gasteiger partial charge on any atom is -0.496 e. The molecule has 1 aliphatic heterocycles. The fourth-order valence-corrected chi connectivity index (χ4v) is 2.22. The zero-order chi connectivity index (χ0) is 13.7. The van der Waals surface area contributed by atoms with E-state index in [-0.39, 0.29) is 6.03 Å². The molecule has 2 rings (SSSR count). The Balaban J connectivity index is 1.83. The standard InChI is InChI=1S/C14H21N3O2/c1-16(9-10-17-8-7-15-14(17)18)11-12-5-3-4-6-13(12)19-2/h3-6H,7-11H2,1-2H3,(H,15,18). The first-order chi connectivity index (χ1) is 9.20. The SMILES string of the molecule is COc1ccccc1CN(C)CCN1CCNC1=O. The monoisotopic (exact) mass is 263 g/mol. The number of rotatable bonds is 6. The van der Waals surface area contributed by atoms with Crippen molar-refractivity contribution in [2.75, 3.05) is 40.3 Å². The predicted octanol–water partition coefficient (Wildman–Crippen LogP) is 1.15. The summed E-state index contributed by atoms with van der Waals surface area (Å²) in [6.45, 7) is 4.00. The number of para-hydroxylation sites is 1. The van der Waals surface area contributed by atoms with Crippen molar-refractivity contribution < 1.29 is 9.53 Å². The van der Waals surface area contributed by atoms with Crippen LogP contribution in [-0.2, 0) is 6.54 Å². The number of nitrogens with one attached hydrogen (secondary N) is 1. The van der Waals surface area contributed by atoms with Gasteiger partial charge in [0.25, 0.3) is 0 Å². The molecule has 0 bridgehead atoms. The number of hydrogen-bond donors (Lipinski definition) is 1. The van der Waals surface area contributed by atoms with Gasteiger partial charge >= 0.3 is 6.03 Å². The van der Waals surface area contributed by atoms with E-state index in [1.165, 1.54) is 5.56 Å². The fraction of sp³-hybridized carbons (Fsp3) is 0.500. The van der Waals surface area contributed by atoms with Gasteiger partial charge in [0.2, 0.25) is 0 Å². The van der Waals surface area contributed by atoms with Gasteiger partial charge in [-0.1, -0.05) is 18.2 Å². The van der Waals surface area contributed by atoms with Crippen LogP contribution in [0.15, 0.2) is 24.3 Å². The Morgan fingerprint density at radius 3 is 2.89 bits per heavy atom. The zero-order valence-electron chi connectivity index (χ0n) is 11.6. The molecule has 0 saturated carbocycles. The molecule has 2 amide bonds. The quantitative estimate of drug-likeness (QED) is 0.837. The summed E-state index contributed by atoms with van der Waals surface area (Å²) in [5.41, 5.74) is 1.17. The molecule has 104 valence electrons. The van der Waals surface area contributed by atoms with Gasteiger partial charge in [0, 0.05) is 38.3 Å². The Hall–Kier alpha value is -1.75. The molecule has 1 aromatic rings. The molecule has 0 spiro atoms. The third-order valence-corrected chi connectivity index (χ3v) is 3.33. The van der Waals surface area contributed by atoms with Gasteiger partial charge in [0.05, 0.1) is 7.11 Å². The van der Waals surface area contributed by atoms with E-state index in [4.69, 9.17) is 4.74 Å². The molecule has 1 saturated heterocycles. The van der Waals surface area contributed by atoms with Gasteiger partial charge in [0.1, 0.15) is 5.75 Å². The van der Waals surface area contributed by atoms with E-state index < -0.39 is 0 Å². The number of benzene rings is 1. The second-order valence-electron chi connectivity index (χ2n) is 4.77. The Labute approximate surface area is 114 Å². The van der Waals surface area contributed by atoms with E-state index in [1.807, 2.05) is 23.1 Å². The lowest BCUT2D eigenvalue weighted by atomic mass is 10.2. The van der Waals surface area contributed by atoms with Crippen LogP contribution in [0.1, 0.15) is 5.56 Å². The van der Waals surface area contributed by atoms with Gasteiger partial charge in [-0.15, -0.1) is 0 Å². The lowest BCUT2D eigenvalue weighted by molar-refractivity contribution is 0.207. The van der Waals surface area contributed by atoms with E-state index in [0.717, 1.165) is 38.5 Å². The lowest BCUT2D eigenvalue weighted by Crippen LogP contribution is -2.35. The molecule has 0 aromatic heterocycles. The zero-order valence-corrected chi connectivity index (χ0v) is 11.6. The summed E-state index contributed by atoms with van der Waals surface area (Å²) in [7, 11) is 3.74. The minimum absolute atomic E-state index is 0.0469. The molecule has 0 radical (unpaired) electrons. The Morgan fingerprint density at radius 2 is 2.21 bits per heavy atom. The van der Waals surface area contributed by atoms with Crippen molar-refractivity contribution in [2.24, 2.45) is 0 Å². The number of likely N-dealkylation sites (N-methyl/N-ethyl adjacent to an activating group) is 1. The molecule has 1 aromatic carbocycles. The van der Waals surface area contributed by atoms with Crippen molar-refractivity contribution in [1.82, 2.24) is 15.1 Å². The Morgan fingerprint density at radius 1 is 1.42 bits per heavy atom. The molecule has 1 aliphatic rings. The van der Waals surface area contributed by atoms with E-state index in [0.29, 0.717) is 0 Å². The summed E-state index contributed by atoms with van der Waals surface area (Å²) in [5, 5.41) is 2.81. The summed E-state index contributed by atoms with van der Waals surface area (Å²) in [6.07, 6.45) is 0. The van der Waals surface area contributed by atoms with Gasteiger partial charge in [-0.05, 0) is 13.1 Å². The largest absolute Gasteiger partial charge is 0.496 e. The summed E-state index contributed by atoms with van der Waals surface area (Å²) < 4.78 is 5.34. The highest BCUT2D eigenvalue weighted by Crippen LogP contribution is 2.18. The molecule has 19 heavy (non-hydrogen) atoms. The van der Waals surface area contributed by atoms with Gasteiger partial charge in [-0.3, -0.25) is 0 Å². The highest BCUT2D eigenvalue weighted by molar-refractivity contribution is 5.76. The first kappa shape index (κ1) is 13.7. The summed E-state index contributed by atoms with van der Waals surface area (Å²) >= 11 is 0. The highest BCUT2D eigenvalue weighted by atomic mass is 16.5. The average Bonchev–Trinajstić information content (AvgIpc) is 2.82. The molecule has 0 aliphatic carbocycles. The maximum absolute atomic E-state index is 11.4. The number of carbonyl (C=O) groups is 1. The fourth-order valence-electron chi connectivity index (χ4n) is 2.22. The molecule has 0 atom stereocenters. The molecule has 1 heterocycles. The number of ether oxygens (including phenoxy) is 1. The number of urea groups is 1.